The highest BCUT2D eigenvalue weighted by Crippen LogP contribution is 2.34. The van der Waals surface area contributed by atoms with E-state index in [1.54, 1.807) is 12.4 Å². The molecule has 0 N–H and O–H groups in total. The van der Waals surface area contributed by atoms with Gasteiger partial charge in [0.05, 0.1) is 5.52 Å². The molecule has 7 heteroatoms. The van der Waals surface area contributed by atoms with E-state index in [0.29, 0.717) is 16.9 Å². The third-order valence-corrected chi connectivity index (χ3v) is 5.68. The van der Waals surface area contributed by atoms with Crippen LogP contribution in [0.5, 0.6) is 0 Å². The predicted molar refractivity (Wildman–Crippen MR) is 116 cm³/mol. The summed E-state index contributed by atoms with van der Waals surface area (Å²) in [4.78, 5) is 13.6. The standard InChI is InChI=1S/C23H17N5OS/c1-14-9-10-16(12-15(14)2)21-27-28-23(29-21)30-22-18-7-3-4-8-19(18)25-20(26-22)17-6-5-11-24-13-17/h3-13H,1-2H3. The van der Waals surface area contributed by atoms with Gasteiger partial charge in [-0.25, -0.2) is 9.97 Å². The lowest BCUT2D eigenvalue weighted by molar-refractivity contribution is 0.465. The number of pyridine rings is 1. The highest BCUT2D eigenvalue weighted by molar-refractivity contribution is 7.99. The fraction of sp³-hybridized carbons (Fsp3) is 0.0870. The Morgan fingerprint density at radius 1 is 0.833 bits per heavy atom. The molecular formula is C23H17N5OS. The lowest BCUT2D eigenvalue weighted by Gasteiger charge is -2.06. The third kappa shape index (κ3) is 3.55. The molecule has 0 spiro atoms. The van der Waals surface area contributed by atoms with Crippen molar-refractivity contribution in [1.82, 2.24) is 25.1 Å². The molecule has 0 radical (unpaired) electrons. The van der Waals surface area contributed by atoms with Crippen molar-refractivity contribution < 1.29 is 4.42 Å². The Morgan fingerprint density at radius 2 is 1.73 bits per heavy atom. The van der Waals surface area contributed by atoms with E-state index < -0.39 is 0 Å². The second kappa shape index (κ2) is 7.68. The van der Waals surface area contributed by atoms with Gasteiger partial charge in [-0.05, 0) is 67.1 Å². The SMILES string of the molecule is Cc1ccc(-c2nnc(Sc3nc(-c4cccnc4)nc4ccccc34)o2)cc1C. The number of aromatic nitrogens is 5. The number of fused-ring (bicyclic) bond motifs is 1. The van der Waals surface area contributed by atoms with Gasteiger partial charge in [0.25, 0.3) is 5.22 Å². The molecule has 0 fully saturated rings. The van der Waals surface area contributed by atoms with Gasteiger partial charge in [-0.1, -0.05) is 24.3 Å². The first kappa shape index (κ1) is 18.4. The highest BCUT2D eigenvalue weighted by atomic mass is 32.2. The van der Waals surface area contributed by atoms with Crippen LogP contribution in [0.15, 0.2) is 81.7 Å². The van der Waals surface area contributed by atoms with Crippen LogP contribution in [0, 0.1) is 13.8 Å². The van der Waals surface area contributed by atoms with E-state index >= 15 is 0 Å². The molecular weight excluding hydrogens is 394 g/mol. The maximum absolute atomic E-state index is 5.93. The molecule has 0 unspecified atom stereocenters. The summed E-state index contributed by atoms with van der Waals surface area (Å²) < 4.78 is 5.93. The van der Waals surface area contributed by atoms with Gasteiger partial charge in [0.1, 0.15) is 5.03 Å². The number of hydrogen-bond acceptors (Lipinski definition) is 7. The van der Waals surface area contributed by atoms with E-state index in [1.807, 2.05) is 42.5 Å². The monoisotopic (exact) mass is 411 g/mol. The van der Waals surface area contributed by atoms with E-state index in [1.165, 1.54) is 22.9 Å². The fourth-order valence-electron chi connectivity index (χ4n) is 3.07. The summed E-state index contributed by atoms with van der Waals surface area (Å²) >= 11 is 1.34. The molecule has 0 aliphatic carbocycles. The number of hydrogen-bond donors (Lipinski definition) is 0. The van der Waals surface area contributed by atoms with Crippen LogP contribution >= 0.6 is 11.8 Å². The van der Waals surface area contributed by atoms with Crippen LogP contribution < -0.4 is 0 Å². The van der Waals surface area contributed by atoms with Crippen molar-refractivity contribution in [3.8, 4) is 22.8 Å². The van der Waals surface area contributed by atoms with Crippen molar-refractivity contribution in [3.05, 3.63) is 78.1 Å². The minimum atomic E-state index is 0.434. The van der Waals surface area contributed by atoms with E-state index in [4.69, 9.17) is 9.40 Å². The van der Waals surface area contributed by atoms with Crippen LogP contribution in [0.2, 0.25) is 0 Å². The summed E-state index contributed by atoms with van der Waals surface area (Å²) in [7, 11) is 0. The number of nitrogens with zero attached hydrogens (tertiary/aromatic N) is 5. The molecule has 3 aromatic heterocycles. The van der Waals surface area contributed by atoms with Crippen LogP contribution in [0.3, 0.4) is 0 Å². The Labute approximate surface area is 177 Å². The lowest BCUT2D eigenvalue weighted by atomic mass is 10.1. The Morgan fingerprint density at radius 3 is 2.57 bits per heavy atom. The maximum Gasteiger partial charge on any atom is 0.283 e. The number of aryl methyl sites for hydroxylation is 2. The average Bonchev–Trinajstić information content (AvgIpc) is 3.25. The van der Waals surface area contributed by atoms with Gasteiger partial charge in [-0.2, -0.15) is 0 Å². The molecule has 0 bridgehead atoms. The Hall–Kier alpha value is -3.58. The summed E-state index contributed by atoms with van der Waals surface area (Å²) in [6.45, 7) is 4.14. The zero-order valence-electron chi connectivity index (χ0n) is 16.4. The summed E-state index contributed by atoms with van der Waals surface area (Å²) in [5.41, 5.74) is 5.02. The van der Waals surface area contributed by atoms with Crippen molar-refractivity contribution in [2.24, 2.45) is 0 Å². The lowest BCUT2D eigenvalue weighted by Crippen LogP contribution is -1.94. The first-order valence-corrected chi connectivity index (χ1v) is 10.3. The van der Waals surface area contributed by atoms with Gasteiger partial charge in [0, 0.05) is 28.9 Å². The van der Waals surface area contributed by atoms with Crippen LogP contribution in [-0.4, -0.2) is 25.1 Å². The van der Waals surface area contributed by atoms with Crippen LogP contribution in [-0.2, 0) is 0 Å². The van der Waals surface area contributed by atoms with Gasteiger partial charge in [0.15, 0.2) is 5.82 Å². The van der Waals surface area contributed by atoms with Gasteiger partial charge < -0.3 is 4.42 Å². The van der Waals surface area contributed by atoms with Gasteiger partial charge >= 0.3 is 0 Å². The Balaban J connectivity index is 1.54. The zero-order valence-corrected chi connectivity index (χ0v) is 17.2. The molecule has 0 amide bonds. The second-order valence-corrected chi connectivity index (χ2v) is 7.83. The first-order chi connectivity index (χ1) is 14.7. The molecule has 0 atom stereocenters. The van der Waals surface area contributed by atoms with E-state index in [2.05, 4.69) is 46.1 Å². The third-order valence-electron chi connectivity index (χ3n) is 4.83. The first-order valence-electron chi connectivity index (χ1n) is 9.43. The van der Waals surface area contributed by atoms with Crippen molar-refractivity contribution >= 4 is 22.7 Å². The normalized spacial score (nSPS) is 11.1. The molecule has 0 saturated carbocycles. The highest BCUT2D eigenvalue weighted by Gasteiger charge is 2.15. The molecule has 5 aromatic rings. The van der Waals surface area contributed by atoms with Gasteiger partial charge in [0.2, 0.25) is 5.89 Å². The minimum Gasteiger partial charge on any atom is -0.411 e. The largest absolute Gasteiger partial charge is 0.411 e. The zero-order chi connectivity index (χ0) is 20.5. The summed E-state index contributed by atoms with van der Waals surface area (Å²) in [6.07, 6.45) is 3.48. The minimum absolute atomic E-state index is 0.434. The molecule has 2 aromatic carbocycles. The molecule has 5 rings (SSSR count). The quantitative estimate of drug-likeness (QED) is 0.361. The van der Waals surface area contributed by atoms with E-state index in [-0.39, 0.29) is 0 Å². The average molecular weight is 411 g/mol. The topological polar surface area (TPSA) is 77.6 Å². The predicted octanol–water partition coefficient (Wildman–Crippen LogP) is 5.51. The Kier molecular flexibility index (Phi) is 4.72. The fourth-order valence-corrected chi connectivity index (χ4v) is 3.86. The summed E-state index contributed by atoms with van der Waals surface area (Å²) in [5.74, 6) is 1.10. The smallest absolute Gasteiger partial charge is 0.283 e. The van der Waals surface area contributed by atoms with E-state index in [0.717, 1.165) is 27.1 Å². The number of para-hydroxylation sites is 1. The second-order valence-electron chi connectivity index (χ2n) is 6.89. The van der Waals surface area contributed by atoms with Crippen molar-refractivity contribution in [2.45, 2.75) is 24.1 Å². The summed E-state index contributed by atoms with van der Waals surface area (Å²) in [6, 6.07) is 17.8. The van der Waals surface area contributed by atoms with Gasteiger partial charge in [-0.15, -0.1) is 10.2 Å². The van der Waals surface area contributed by atoms with Crippen LogP contribution in [0.4, 0.5) is 0 Å². The number of rotatable bonds is 4. The van der Waals surface area contributed by atoms with Crippen LogP contribution in [0.1, 0.15) is 11.1 Å². The molecule has 6 nitrogen and oxygen atoms in total. The molecule has 0 aliphatic heterocycles. The molecule has 0 aliphatic rings. The Bertz CT molecular complexity index is 1350. The number of benzene rings is 2. The molecule has 146 valence electrons. The van der Waals surface area contributed by atoms with Gasteiger partial charge in [-0.3, -0.25) is 4.98 Å². The maximum atomic E-state index is 5.93. The van der Waals surface area contributed by atoms with Crippen LogP contribution in [0.25, 0.3) is 33.7 Å². The van der Waals surface area contributed by atoms with Crippen molar-refractivity contribution in [3.63, 3.8) is 0 Å². The van der Waals surface area contributed by atoms with Crippen molar-refractivity contribution in [1.29, 1.82) is 0 Å². The molecule has 30 heavy (non-hydrogen) atoms. The molecule has 3 heterocycles. The van der Waals surface area contributed by atoms with E-state index in [9.17, 15) is 0 Å². The molecule has 0 saturated heterocycles. The van der Waals surface area contributed by atoms with Crippen molar-refractivity contribution in [2.75, 3.05) is 0 Å². The summed E-state index contributed by atoms with van der Waals surface area (Å²) in [5, 5.41) is 10.6.